The number of nitrogens with zero attached hydrogens (tertiary/aromatic N) is 1. The molecule has 38 heavy (non-hydrogen) atoms. The lowest BCUT2D eigenvalue weighted by Crippen LogP contribution is -2.49. The zero-order valence-electron chi connectivity index (χ0n) is 22.6. The van der Waals surface area contributed by atoms with E-state index in [1.165, 1.54) is 16.0 Å². The molecule has 0 saturated carbocycles. The molecule has 202 valence electrons. The third-order valence-electron chi connectivity index (χ3n) is 7.24. The summed E-state index contributed by atoms with van der Waals surface area (Å²) in [6.45, 7) is 3.43. The summed E-state index contributed by atoms with van der Waals surface area (Å²) >= 11 is 0. The van der Waals surface area contributed by atoms with Crippen LogP contribution in [0.3, 0.4) is 0 Å². The zero-order chi connectivity index (χ0) is 26.9. The van der Waals surface area contributed by atoms with E-state index in [9.17, 15) is 14.4 Å². The molecule has 2 atom stereocenters. The summed E-state index contributed by atoms with van der Waals surface area (Å²) in [4.78, 5) is 40.2. The standard InChI is InChI=1S/C31H40N4O3/c1-22-12-14-25-15-13-23(18-26(25)17-22)7-6-11-29(36)34-28-10-3-4-16-35(31(28)38)21-30(37)33-27-9-5-8-24(19-27)20-32-2/h5,8-9,13-15,17-19,22,28,32H,3-4,6-7,10-12,16,20-21H2,1-2H3,(H,33,37)(H,34,36). The molecule has 2 aromatic carbocycles. The highest BCUT2D eigenvalue weighted by Gasteiger charge is 2.29. The Kier molecular flexibility index (Phi) is 9.71. The van der Waals surface area contributed by atoms with Crippen molar-refractivity contribution in [3.8, 4) is 0 Å². The van der Waals surface area contributed by atoms with Crippen molar-refractivity contribution in [1.82, 2.24) is 15.5 Å². The highest BCUT2D eigenvalue weighted by Crippen LogP contribution is 2.15. The molecule has 3 amide bonds. The van der Waals surface area contributed by atoms with Gasteiger partial charge in [-0.1, -0.05) is 49.4 Å². The minimum Gasteiger partial charge on any atom is -0.344 e. The normalized spacial score (nSPS) is 19.0. The lowest BCUT2D eigenvalue weighted by atomic mass is 9.97. The number of hydrogen-bond donors (Lipinski definition) is 3. The number of carbonyl (C=O) groups is 3. The summed E-state index contributed by atoms with van der Waals surface area (Å²) in [5.74, 6) is 0.0371. The van der Waals surface area contributed by atoms with Crippen LogP contribution in [0.1, 0.15) is 56.6 Å². The fourth-order valence-corrected chi connectivity index (χ4v) is 5.25. The van der Waals surface area contributed by atoms with Gasteiger partial charge in [-0.15, -0.1) is 0 Å². The van der Waals surface area contributed by atoms with Crippen LogP contribution in [0.15, 0.2) is 42.5 Å². The van der Waals surface area contributed by atoms with Gasteiger partial charge in [0.05, 0.1) is 6.54 Å². The molecule has 1 fully saturated rings. The first-order valence-corrected chi connectivity index (χ1v) is 13.8. The maximum absolute atomic E-state index is 13.2. The number of likely N-dealkylation sites (tertiary alicyclic amines) is 1. The van der Waals surface area contributed by atoms with Crippen molar-refractivity contribution in [1.29, 1.82) is 0 Å². The third kappa shape index (κ3) is 7.78. The largest absolute Gasteiger partial charge is 0.344 e. The van der Waals surface area contributed by atoms with Gasteiger partial charge in [-0.2, -0.15) is 0 Å². The minimum absolute atomic E-state index is 0.0210. The molecule has 2 aromatic rings. The first-order chi connectivity index (χ1) is 18.4. The van der Waals surface area contributed by atoms with Gasteiger partial charge in [0.25, 0.3) is 0 Å². The molecule has 1 heterocycles. The second-order valence-corrected chi connectivity index (χ2v) is 10.6. The first kappa shape index (κ1) is 27.6. The van der Waals surface area contributed by atoms with Crippen molar-refractivity contribution >= 4 is 35.6 Å². The van der Waals surface area contributed by atoms with Crippen LogP contribution in [0, 0.1) is 5.92 Å². The number of anilines is 1. The van der Waals surface area contributed by atoms with Crippen LogP contribution in [-0.4, -0.2) is 48.8 Å². The molecule has 1 aliphatic carbocycles. The van der Waals surface area contributed by atoms with Gasteiger partial charge in [0.2, 0.25) is 17.7 Å². The average Bonchev–Trinajstić information content (AvgIpc) is 3.05. The van der Waals surface area contributed by atoms with Gasteiger partial charge in [0, 0.05) is 25.2 Å². The first-order valence-electron chi connectivity index (χ1n) is 13.8. The molecule has 7 heteroatoms. The molecule has 0 bridgehead atoms. The monoisotopic (exact) mass is 516 g/mol. The highest BCUT2D eigenvalue weighted by atomic mass is 16.2. The van der Waals surface area contributed by atoms with E-state index in [1.807, 2.05) is 31.3 Å². The highest BCUT2D eigenvalue weighted by molar-refractivity contribution is 5.96. The van der Waals surface area contributed by atoms with Gasteiger partial charge in [0.1, 0.15) is 6.04 Å². The maximum Gasteiger partial charge on any atom is 0.245 e. The molecular weight excluding hydrogens is 476 g/mol. The Bertz CT molecular complexity index is 1270. The molecule has 1 aliphatic heterocycles. The van der Waals surface area contributed by atoms with Crippen LogP contribution in [0.25, 0.3) is 12.2 Å². The summed E-state index contributed by atoms with van der Waals surface area (Å²) in [5.41, 5.74) is 3.01. The molecule has 2 aliphatic rings. The van der Waals surface area contributed by atoms with Crippen molar-refractivity contribution in [2.24, 2.45) is 5.92 Å². The van der Waals surface area contributed by atoms with Gasteiger partial charge >= 0.3 is 0 Å². The fraction of sp³-hybridized carbons (Fsp3) is 0.452. The Morgan fingerprint density at radius 2 is 1.89 bits per heavy atom. The fourth-order valence-electron chi connectivity index (χ4n) is 5.25. The molecule has 3 N–H and O–H groups in total. The van der Waals surface area contributed by atoms with Crippen molar-refractivity contribution < 1.29 is 14.4 Å². The summed E-state index contributed by atoms with van der Waals surface area (Å²) in [6, 6.07) is 13.6. The van der Waals surface area contributed by atoms with Crippen molar-refractivity contribution in [2.75, 3.05) is 25.5 Å². The number of carbonyl (C=O) groups excluding carboxylic acids is 3. The summed E-state index contributed by atoms with van der Waals surface area (Å²) in [7, 11) is 1.87. The number of hydrogen-bond acceptors (Lipinski definition) is 4. The Morgan fingerprint density at radius 1 is 1.03 bits per heavy atom. The quantitative estimate of drug-likeness (QED) is 0.453. The molecule has 1 saturated heterocycles. The van der Waals surface area contributed by atoms with Gasteiger partial charge in [-0.3, -0.25) is 14.4 Å². The van der Waals surface area contributed by atoms with Crippen LogP contribution in [0.5, 0.6) is 0 Å². The van der Waals surface area contributed by atoms with Crippen LogP contribution >= 0.6 is 0 Å². The van der Waals surface area contributed by atoms with Crippen molar-refractivity contribution in [3.63, 3.8) is 0 Å². The Balaban J connectivity index is 1.26. The Morgan fingerprint density at radius 3 is 2.74 bits per heavy atom. The van der Waals surface area contributed by atoms with E-state index in [2.05, 4.69) is 53.2 Å². The predicted molar refractivity (Wildman–Crippen MR) is 152 cm³/mol. The second kappa shape index (κ2) is 13.4. The predicted octanol–water partition coefficient (Wildman–Crippen LogP) is 2.47. The molecule has 4 rings (SSSR count). The lowest BCUT2D eigenvalue weighted by Gasteiger charge is -2.24. The molecular formula is C31H40N4O3. The molecule has 0 radical (unpaired) electrons. The van der Waals surface area contributed by atoms with E-state index in [4.69, 9.17) is 0 Å². The number of amides is 3. The van der Waals surface area contributed by atoms with E-state index in [0.717, 1.165) is 37.7 Å². The van der Waals surface area contributed by atoms with Crippen LogP contribution in [0.2, 0.25) is 0 Å². The second-order valence-electron chi connectivity index (χ2n) is 10.6. The number of aryl methyl sites for hydroxylation is 1. The van der Waals surface area contributed by atoms with E-state index >= 15 is 0 Å². The Labute approximate surface area is 225 Å². The smallest absolute Gasteiger partial charge is 0.245 e. The number of fused-ring (bicyclic) bond motifs is 1. The van der Waals surface area contributed by atoms with E-state index in [-0.39, 0.29) is 24.3 Å². The molecule has 2 unspecified atom stereocenters. The lowest BCUT2D eigenvalue weighted by molar-refractivity contribution is -0.138. The van der Waals surface area contributed by atoms with Gasteiger partial charge in [-0.25, -0.2) is 0 Å². The van der Waals surface area contributed by atoms with E-state index in [1.54, 1.807) is 4.90 Å². The van der Waals surface area contributed by atoms with Crippen LogP contribution in [-0.2, 0) is 27.3 Å². The van der Waals surface area contributed by atoms with E-state index in [0.29, 0.717) is 37.5 Å². The third-order valence-corrected chi connectivity index (χ3v) is 7.24. The van der Waals surface area contributed by atoms with Gasteiger partial charge < -0.3 is 20.9 Å². The molecule has 7 nitrogen and oxygen atoms in total. The summed E-state index contributed by atoms with van der Waals surface area (Å²) in [6.07, 6.45) is 9.86. The maximum atomic E-state index is 13.2. The summed E-state index contributed by atoms with van der Waals surface area (Å²) in [5, 5.41) is 11.5. The number of benzene rings is 2. The van der Waals surface area contributed by atoms with Crippen LogP contribution in [0.4, 0.5) is 5.69 Å². The summed E-state index contributed by atoms with van der Waals surface area (Å²) < 4.78 is 0. The molecule has 0 aromatic heterocycles. The molecule has 0 spiro atoms. The van der Waals surface area contributed by atoms with Crippen LogP contribution < -0.4 is 26.4 Å². The van der Waals surface area contributed by atoms with Crippen molar-refractivity contribution in [2.45, 2.75) is 64.5 Å². The Hall–Kier alpha value is -3.45. The number of rotatable bonds is 10. The average molecular weight is 517 g/mol. The van der Waals surface area contributed by atoms with E-state index < -0.39 is 6.04 Å². The van der Waals surface area contributed by atoms with Crippen molar-refractivity contribution in [3.05, 3.63) is 64.0 Å². The topological polar surface area (TPSA) is 90.5 Å². The zero-order valence-corrected chi connectivity index (χ0v) is 22.6. The minimum atomic E-state index is -0.577. The SMILES string of the molecule is CNCc1cccc(NC(=O)CN2CCCCC(NC(=O)CCCc3ccc4c(c3)=CC(C)CC=4)C2=O)c1. The number of nitrogens with one attached hydrogen (secondary N) is 3. The van der Waals surface area contributed by atoms with Gasteiger partial charge in [0.15, 0.2) is 0 Å². The van der Waals surface area contributed by atoms with Gasteiger partial charge in [-0.05, 0) is 85.2 Å².